The van der Waals surface area contributed by atoms with Crippen LogP contribution in [0.3, 0.4) is 0 Å². The summed E-state index contributed by atoms with van der Waals surface area (Å²) in [6, 6.07) is 13.4. The Morgan fingerprint density at radius 3 is 1.37 bits per heavy atom. The molecule has 1 aromatic heterocycles. The van der Waals surface area contributed by atoms with E-state index in [9.17, 15) is 10.2 Å². The van der Waals surface area contributed by atoms with Gasteiger partial charge in [-0.25, -0.2) is 0 Å². The first-order valence-electron chi connectivity index (χ1n) is 11.2. The van der Waals surface area contributed by atoms with Gasteiger partial charge in [0.15, 0.2) is 0 Å². The number of halogens is 2. The number of hydrogen-bond acceptors (Lipinski definition) is 3. The normalized spacial score (nSPS) is 10.3. The summed E-state index contributed by atoms with van der Waals surface area (Å²) in [7, 11) is 0. The third-order valence-corrected chi connectivity index (χ3v) is 5.64. The van der Waals surface area contributed by atoms with Crippen molar-refractivity contribution in [2.24, 2.45) is 0 Å². The SMILES string of the molecule is Cc1ccc(O)c(C(C)(C)C)c1.Cc1ccc(O)c(C(C)(C)C)c1.Cc1ccncc1[CH]=[Ti].Cl.Cl. The maximum Gasteiger partial charge on any atom is -0.147 e. The van der Waals surface area contributed by atoms with Crippen molar-refractivity contribution in [2.75, 3.05) is 0 Å². The van der Waals surface area contributed by atoms with Crippen molar-refractivity contribution in [3.8, 4) is 11.5 Å². The van der Waals surface area contributed by atoms with Crippen LogP contribution >= 0.6 is 24.8 Å². The number of phenols is 2. The van der Waals surface area contributed by atoms with Crippen LogP contribution in [0.15, 0.2) is 54.9 Å². The number of aryl methyl sites for hydroxylation is 3. The van der Waals surface area contributed by atoms with Crippen molar-refractivity contribution in [3.63, 3.8) is 0 Å². The Bertz CT molecular complexity index is 1010. The maximum atomic E-state index is 9.57. The van der Waals surface area contributed by atoms with E-state index in [1.807, 2.05) is 76.5 Å². The minimum absolute atomic E-state index is 0. The van der Waals surface area contributed by atoms with Crippen LogP contribution < -0.4 is 0 Å². The Labute approximate surface area is 236 Å². The van der Waals surface area contributed by atoms with Crippen molar-refractivity contribution in [1.29, 1.82) is 0 Å². The van der Waals surface area contributed by atoms with Gasteiger partial charge < -0.3 is 10.2 Å². The van der Waals surface area contributed by atoms with Gasteiger partial charge in [-0.1, -0.05) is 76.9 Å². The van der Waals surface area contributed by atoms with E-state index < -0.39 is 0 Å². The Hall–Kier alpha value is -1.65. The fourth-order valence-corrected chi connectivity index (χ4v) is 3.60. The summed E-state index contributed by atoms with van der Waals surface area (Å²) >= 11 is 2.02. The van der Waals surface area contributed by atoms with Gasteiger partial charge in [0.05, 0.1) is 0 Å². The smallest absolute Gasteiger partial charge is 0.147 e. The van der Waals surface area contributed by atoms with E-state index in [-0.39, 0.29) is 35.6 Å². The molecule has 3 aromatic rings. The number of pyridine rings is 1. The standard InChI is InChI=1S/2C11H16O.C7H7N.2ClH.Ti/c2*1-8-5-6-10(12)9(7-8)11(2,3)4;1-6-3-4-8-5-7(6)2;;;/h2*5-7,12H,1-4H3;2-5H,1H3;2*1H;. The average Bonchev–Trinajstić information content (AvgIpc) is 2.71. The van der Waals surface area contributed by atoms with Crippen LogP contribution in [-0.4, -0.2) is 19.5 Å². The van der Waals surface area contributed by atoms with E-state index in [0.29, 0.717) is 11.5 Å². The number of benzene rings is 2. The third-order valence-electron chi connectivity index (χ3n) is 5.16. The molecule has 3 nitrogen and oxygen atoms in total. The fraction of sp³-hybridized carbons (Fsp3) is 0.379. The molecule has 0 spiro atoms. The number of aromatic hydroxyl groups is 2. The Kier molecular flexibility index (Phi) is 15.7. The second-order valence-electron chi connectivity index (χ2n) is 10.4. The van der Waals surface area contributed by atoms with Gasteiger partial charge in [0.2, 0.25) is 0 Å². The summed E-state index contributed by atoms with van der Waals surface area (Å²) in [5.74, 6) is 0.793. The van der Waals surface area contributed by atoms with Crippen molar-refractivity contribution >= 4 is 29.1 Å². The molecular formula is C29H41Cl2NO2Ti. The summed E-state index contributed by atoms with van der Waals surface area (Å²) < 4.78 is 2.06. The quantitative estimate of drug-likeness (QED) is 0.301. The molecular weight excluding hydrogens is 513 g/mol. The molecule has 0 aliphatic carbocycles. The number of nitrogens with zero attached hydrogens (tertiary/aromatic N) is 1. The molecule has 0 fully saturated rings. The van der Waals surface area contributed by atoms with E-state index >= 15 is 0 Å². The van der Waals surface area contributed by atoms with Gasteiger partial charge in [-0.15, -0.1) is 24.8 Å². The van der Waals surface area contributed by atoms with Crippen LogP contribution in [0.5, 0.6) is 11.5 Å². The van der Waals surface area contributed by atoms with Gasteiger partial charge in [-0.2, -0.15) is 0 Å². The van der Waals surface area contributed by atoms with Gasteiger partial charge >= 0.3 is 65.8 Å². The van der Waals surface area contributed by atoms with Gasteiger partial charge in [-0.05, 0) is 47.9 Å². The zero-order chi connectivity index (χ0) is 25.4. The molecule has 3 rings (SSSR count). The van der Waals surface area contributed by atoms with E-state index in [1.165, 1.54) is 22.3 Å². The van der Waals surface area contributed by atoms with Crippen LogP contribution in [0.25, 0.3) is 0 Å². The second kappa shape index (κ2) is 15.5. The molecule has 0 aliphatic heterocycles. The minimum Gasteiger partial charge on any atom is -0.147 e. The Balaban J connectivity index is 0. The van der Waals surface area contributed by atoms with E-state index in [4.69, 9.17) is 0 Å². The average molecular weight is 554 g/mol. The molecule has 192 valence electrons. The molecule has 0 atom stereocenters. The molecule has 0 amide bonds. The predicted molar refractivity (Wildman–Crippen MR) is 152 cm³/mol. The minimum atomic E-state index is 0. The molecule has 6 heteroatoms. The Morgan fingerprint density at radius 1 is 0.714 bits per heavy atom. The number of phenolic OH excluding ortho intramolecular Hbond substituents is 2. The topological polar surface area (TPSA) is 53.4 Å². The van der Waals surface area contributed by atoms with Crippen LogP contribution in [0.2, 0.25) is 0 Å². The molecule has 2 N–H and O–H groups in total. The molecule has 1 heterocycles. The first kappa shape index (κ1) is 35.5. The van der Waals surface area contributed by atoms with Gasteiger partial charge in [0.25, 0.3) is 0 Å². The molecule has 0 saturated heterocycles. The summed E-state index contributed by atoms with van der Waals surface area (Å²) in [6.07, 6.45) is 3.68. The monoisotopic (exact) mass is 553 g/mol. The summed E-state index contributed by atoms with van der Waals surface area (Å²) in [5, 5.41) is 19.1. The van der Waals surface area contributed by atoms with Crippen molar-refractivity contribution in [3.05, 3.63) is 88.2 Å². The molecule has 0 radical (unpaired) electrons. The molecule has 0 saturated carbocycles. The van der Waals surface area contributed by atoms with E-state index in [1.54, 1.807) is 12.1 Å². The zero-order valence-electron chi connectivity index (χ0n) is 22.4. The summed E-state index contributed by atoms with van der Waals surface area (Å²) in [6.45, 7) is 18.7. The number of aromatic nitrogens is 1. The maximum absolute atomic E-state index is 9.57. The summed E-state index contributed by atoms with van der Waals surface area (Å²) in [5.41, 5.74) is 6.97. The van der Waals surface area contributed by atoms with Crippen LogP contribution in [0, 0.1) is 20.8 Å². The van der Waals surface area contributed by atoms with Crippen molar-refractivity contribution in [1.82, 2.24) is 4.98 Å². The molecule has 0 unspecified atom stereocenters. The largest absolute Gasteiger partial charge is 0.147 e. The van der Waals surface area contributed by atoms with Gasteiger partial charge in [0, 0.05) is 0 Å². The fourth-order valence-electron chi connectivity index (χ4n) is 3.13. The summed E-state index contributed by atoms with van der Waals surface area (Å²) in [4.78, 5) is 3.99. The molecule has 0 aliphatic rings. The van der Waals surface area contributed by atoms with Crippen LogP contribution in [0.1, 0.15) is 74.9 Å². The van der Waals surface area contributed by atoms with Crippen LogP contribution in [-0.2, 0) is 30.8 Å². The molecule has 0 bridgehead atoms. The first-order valence-corrected chi connectivity index (χ1v) is 12.1. The molecule has 2 aromatic carbocycles. The first-order chi connectivity index (χ1) is 15.2. The van der Waals surface area contributed by atoms with Gasteiger partial charge in [0.1, 0.15) is 11.5 Å². The number of hydrogen-bond donors (Lipinski definition) is 2. The van der Waals surface area contributed by atoms with E-state index in [0.717, 1.165) is 11.1 Å². The van der Waals surface area contributed by atoms with Gasteiger partial charge in [-0.3, -0.25) is 0 Å². The number of rotatable bonds is 1. The van der Waals surface area contributed by atoms with Crippen molar-refractivity contribution in [2.45, 2.75) is 73.1 Å². The zero-order valence-corrected chi connectivity index (χ0v) is 25.6. The van der Waals surface area contributed by atoms with E-state index in [2.05, 4.69) is 57.8 Å². The van der Waals surface area contributed by atoms with Crippen LogP contribution in [0.4, 0.5) is 0 Å². The second-order valence-corrected chi connectivity index (χ2v) is 10.9. The van der Waals surface area contributed by atoms with Crippen molar-refractivity contribution < 1.29 is 30.2 Å². The predicted octanol–water partition coefficient (Wildman–Crippen LogP) is 7.93. The third kappa shape index (κ3) is 12.2. The Morgan fingerprint density at radius 2 is 1.11 bits per heavy atom. The molecule has 35 heavy (non-hydrogen) atoms.